The topological polar surface area (TPSA) is 9.23 Å². The van der Waals surface area contributed by atoms with Crippen LogP contribution in [0.1, 0.15) is 72.6 Å². The molecule has 4 rings (SSSR count). The largest absolute Gasteiger partial charge is 0.391 e. The minimum Gasteiger partial charge on any atom is -0.381 e. The van der Waals surface area contributed by atoms with Crippen LogP contribution in [0.3, 0.4) is 0 Å². The van der Waals surface area contributed by atoms with Crippen molar-refractivity contribution in [2.24, 2.45) is 46.3 Å². The van der Waals surface area contributed by atoms with Gasteiger partial charge in [-0.05, 0) is 85.4 Å². The minimum atomic E-state index is -4.07. The lowest BCUT2D eigenvalue weighted by Crippen LogP contribution is -2.53. The molecule has 0 aromatic rings. The number of ether oxygens (including phenoxy) is 1. The molecule has 0 N–H and O–H groups in total. The summed E-state index contributed by atoms with van der Waals surface area (Å²) in [5.74, 6) is 0.666. The number of allylic oxidation sites excluding steroid dienone is 1. The smallest absolute Gasteiger partial charge is 0.381 e. The molecule has 0 aromatic heterocycles. The van der Waals surface area contributed by atoms with Gasteiger partial charge < -0.3 is 4.74 Å². The molecule has 1 nitrogen and oxygen atoms in total. The number of fused-ring (bicyclic) bond motifs is 5. The average Bonchev–Trinajstić information content (AvgIpc) is 2.97. The third-order valence-corrected chi connectivity index (χ3v) is 9.92. The van der Waals surface area contributed by atoms with Crippen molar-refractivity contribution in [2.75, 3.05) is 7.11 Å². The van der Waals surface area contributed by atoms with Crippen molar-refractivity contribution < 1.29 is 17.9 Å². The van der Waals surface area contributed by atoms with Crippen LogP contribution in [0, 0.1) is 46.3 Å². The molecule has 0 saturated heterocycles. The SMILES string of the molecule is COC1CCC2(C)C(=C[C@@H](C)C3C2CCC2(C)C3CCC2C(C)C(F)(F)F)C1. The average molecular weight is 399 g/mol. The van der Waals surface area contributed by atoms with Gasteiger partial charge in [0.25, 0.3) is 0 Å². The van der Waals surface area contributed by atoms with Crippen molar-refractivity contribution in [1.82, 2.24) is 0 Å². The Morgan fingerprint density at radius 2 is 1.79 bits per heavy atom. The van der Waals surface area contributed by atoms with Crippen LogP contribution in [0.2, 0.25) is 0 Å². The molecule has 0 radical (unpaired) electrons. The molecule has 4 heteroatoms. The summed E-state index contributed by atoms with van der Waals surface area (Å²) in [6.45, 7) is 8.40. The Morgan fingerprint density at radius 3 is 2.43 bits per heavy atom. The summed E-state index contributed by atoms with van der Waals surface area (Å²) in [7, 11) is 1.81. The molecule has 0 bridgehead atoms. The zero-order chi connectivity index (χ0) is 20.5. The third kappa shape index (κ3) is 2.91. The van der Waals surface area contributed by atoms with Crippen molar-refractivity contribution >= 4 is 0 Å². The van der Waals surface area contributed by atoms with Crippen LogP contribution in [0.5, 0.6) is 0 Å². The molecule has 0 aromatic carbocycles. The second-order valence-electron chi connectivity index (χ2n) is 10.9. The van der Waals surface area contributed by atoms with Gasteiger partial charge in [0, 0.05) is 7.11 Å². The Kier molecular flexibility index (Phi) is 5.00. The Bertz CT molecular complexity index is 640. The first kappa shape index (κ1) is 20.8. The maximum absolute atomic E-state index is 13.6. The van der Waals surface area contributed by atoms with Gasteiger partial charge in [-0.3, -0.25) is 0 Å². The van der Waals surface area contributed by atoms with E-state index >= 15 is 0 Å². The van der Waals surface area contributed by atoms with Crippen molar-refractivity contribution in [2.45, 2.75) is 84.9 Å². The maximum Gasteiger partial charge on any atom is 0.391 e. The summed E-state index contributed by atoms with van der Waals surface area (Å²) in [5.41, 5.74) is 1.64. The van der Waals surface area contributed by atoms with Crippen molar-refractivity contribution in [3.8, 4) is 0 Å². The van der Waals surface area contributed by atoms with Gasteiger partial charge in [0.2, 0.25) is 0 Å². The molecule has 0 aliphatic heterocycles. The molecule has 28 heavy (non-hydrogen) atoms. The zero-order valence-electron chi connectivity index (χ0n) is 18.1. The van der Waals surface area contributed by atoms with E-state index in [1.54, 1.807) is 5.57 Å². The van der Waals surface area contributed by atoms with Gasteiger partial charge in [0.05, 0.1) is 12.0 Å². The summed E-state index contributed by atoms with van der Waals surface area (Å²) in [6.07, 6.45) is 5.85. The molecule has 3 fully saturated rings. The summed E-state index contributed by atoms with van der Waals surface area (Å²) in [5, 5.41) is 0. The first-order chi connectivity index (χ1) is 13.0. The fraction of sp³-hybridized carbons (Fsp3) is 0.917. The fourth-order valence-corrected chi connectivity index (χ4v) is 8.27. The standard InChI is InChI=1S/C24H37F3O/c1-14-12-16-13-17(28-5)8-10-22(16,3)20-9-11-23(4)18(15(2)24(25,26)27)6-7-19(23)21(14)20/h12,14-15,17-21H,6-11,13H2,1-5H3/t14-,15?,17?,18?,19?,20?,21?,22?,23?/m1/s1. The van der Waals surface area contributed by atoms with Crippen molar-refractivity contribution in [3.63, 3.8) is 0 Å². The van der Waals surface area contributed by atoms with Crippen molar-refractivity contribution in [3.05, 3.63) is 11.6 Å². The third-order valence-electron chi connectivity index (χ3n) is 9.92. The van der Waals surface area contributed by atoms with E-state index in [0.29, 0.717) is 29.8 Å². The van der Waals surface area contributed by atoms with E-state index in [2.05, 4.69) is 26.8 Å². The molecule has 0 amide bonds. The Morgan fingerprint density at radius 1 is 1.07 bits per heavy atom. The number of rotatable bonds is 2. The molecule has 4 aliphatic rings. The lowest BCUT2D eigenvalue weighted by Gasteiger charge is -2.60. The van der Waals surface area contributed by atoms with Crippen LogP contribution in [0.15, 0.2) is 11.6 Å². The summed E-state index contributed by atoms with van der Waals surface area (Å²) in [6, 6.07) is 0. The highest BCUT2D eigenvalue weighted by atomic mass is 19.4. The first-order valence-corrected chi connectivity index (χ1v) is 11.3. The molecule has 0 spiro atoms. The summed E-state index contributed by atoms with van der Waals surface area (Å²) < 4.78 is 46.4. The Balaban J connectivity index is 1.65. The predicted octanol–water partition coefficient (Wildman–Crippen LogP) is 7.02. The van der Waals surface area contributed by atoms with Crippen molar-refractivity contribution in [1.29, 1.82) is 0 Å². The van der Waals surface area contributed by atoms with E-state index < -0.39 is 12.1 Å². The lowest BCUT2D eigenvalue weighted by molar-refractivity contribution is -0.199. The number of methoxy groups -OCH3 is 1. The van der Waals surface area contributed by atoms with Gasteiger partial charge in [-0.25, -0.2) is 0 Å². The van der Waals surface area contributed by atoms with Crippen LogP contribution < -0.4 is 0 Å². The normalized spacial score (nSPS) is 49.6. The summed E-state index contributed by atoms with van der Waals surface area (Å²) in [4.78, 5) is 0. The number of alkyl halides is 3. The monoisotopic (exact) mass is 398 g/mol. The number of hydrogen-bond acceptors (Lipinski definition) is 1. The summed E-state index contributed by atoms with van der Waals surface area (Å²) >= 11 is 0. The van der Waals surface area contributed by atoms with Crippen LogP contribution in [-0.4, -0.2) is 19.4 Å². The highest BCUT2D eigenvalue weighted by Crippen LogP contribution is 2.68. The fourth-order valence-electron chi connectivity index (χ4n) is 8.27. The molecule has 0 heterocycles. The van der Waals surface area contributed by atoms with E-state index in [1.165, 1.54) is 6.92 Å². The van der Waals surface area contributed by atoms with Gasteiger partial charge in [-0.1, -0.05) is 39.3 Å². The van der Waals surface area contributed by atoms with E-state index in [-0.39, 0.29) is 16.7 Å². The molecule has 4 aliphatic carbocycles. The second kappa shape index (κ2) is 6.75. The van der Waals surface area contributed by atoms with Gasteiger partial charge in [-0.15, -0.1) is 0 Å². The first-order valence-electron chi connectivity index (χ1n) is 11.3. The maximum atomic E-state index is 13.6. The van der Waals surface area contributed by atoms with Crippen LogP contribution in [0.4, 0.5) is 13.2 Å². The van der Waals surface area contributed by atoms with Crippen LogP contribution in [-0.2, 0) is 4.74 Å². The van der Waals surface area contributed by atoms with E-state index in [9.17, 15) is 13.2 Å². The minimum absolute atomic E-state index is 0.157. The lowest BCUT2D eigenvalue weighted by atomic mass is 9.45. The molecule has 9 atom stereocenters. The van der Waals surface area contributed by atoms with Gasteiger partial charge in [0.15, 0.2) is 0 Å². The van der Waals surface area contributed by atoms with Crippen LogP contribution in [0.25, 0.3) is 0 Å². The highest BCUT2D eigenvalue weighted by Gasteiger charge is 2.62. The molecular formula is C24H37F3O. The van der Waals surface area contributed by atoms with Gasteiger partial charge in [0.1, 0.15) is 0 Å². The van der Waals surface area contributed by atoms with Crippen LogP contribution >= 0.6 is 0 Å². The quantitative estimate of drug-likeness (QED) is 0.454. The zero-order valence-corrected chi connectivity index (χ0v) is 18.1. The van der Waals surface area contributed by atoms with Gasteiger partial charge >= 0.3 is 6.18 Å². The molecule has 160 valence electrons. The Labute approximate surface area is 168 Å². The van der Waals surface area contributed by atoms with E-state index in [4.69, 9.17) is 4.74 Å². The molecular weight excluding hydrogens is 361 g/mol. The molecule has 8 unspecified atom stereocenters. The highest BCUT2D eigenvalue weighted by molar-refractivity contribution is 5.27. The molecule has 3 saturated carbocycles. The predicted molar refractivity (Wildman–Crippen MR) is 106 cm³/mol. The Hall–Kier alpha value is -0.510. The number of halogens is 3. The van der Waals surface area contributed by atoms with E-state index in [1.807, 2.05) is 7.11 Å². The van der Waals surface area contributed by atoms with Gasteiger partial charge in [-0.2, -0.15) is 13.2 Å². The number of hydrogen-bond donors (Lipinski definition) is 0. The second-order valence-corrected chi connectivity index (χ2v) is 10.9. The van der Waals surface area contributed by atoms with E-state index in [0.717, 1.165) is 44.9 Å².